The van der Waals surface area contributed by atoms with E-state index in [-0.39, 0.29) is 25.3 Å². The predicted octanol–water partition coefficient (Wildman–Crippen LogP) is 2.70. The van der Waals surface area contributed by atoms with E-state index in [1.807, 2.05) is 0 Å². The number of ether oxygens (including phenoxy) is 4. The number of carbonyl (C=O) groups is 1. The molecule has 2 rings (SSSR count). The van der Waals surface area contributed by atoms with E-state index in [4.69, 9.17) is 14.2 Å². The Labute approximate surface area is 171 Å². The van der Waals surface area contributed by atoms with E-state index in [2.05, 4.69) is 10.1 Å². The molecule has 0 aliphatic rings. The summed E-state index contributed by atoms with van der Waals surface area (Å²) in [6.07, 6.45) is -5.85. The van der Waals surface area contributed by atoms with Crippen LogP contribution in [0.4, 0.5) is 13.2 Å². The summed E-state index contributed by atoms with van der Waals surface area (Å²) in [6, 6.07) is 10.0. The number of hydrogen-bond donors (Lipinski definition) is 2. The molecule has 0 heterocycles. The Hall–Kier alpha value is -3.14. The molecule has 2 aromatic rings. The molecule has 0 saturated heterocycles. The first-order valence-electron chi connectivity index (χ1n) is 8.85. The lowest BCUT2D eigenvalue weighted by Crippen LogP contribution is -2.36. The molecule has 0 radical (unpaired) electrons. The van der Waals surface area contributed by atoms with Gasteiger partial charge in [-0.05, 0) is 29.8 Å². The lowest BCUT2D eigenvalue weighted by Gasteiger charge is -2.17. The molecular formula is C20H22F3NO6. The summed E-state index contributed by atoms with van der Waals surface area (Å²) in [4.78, 5) is 12.0. The average molecular weight is 429 g/mol. The normalized spacial score (nSPS) is 12.1. The highest BCUT2D eigenvalue weighted by Gasteiger charge is 2.30. The number of rotatable bonds is 10. The third-order valence-corrected chi connectivity index (χ3v) is 3.86. The minimum absolute atomic E-state index is 0.0692. The minimum atomic E-state index is -4.77. The number of amides is 1. The topological polar surface area (TPSA) is 86.3 Å². The number of alkyl halides is 3. The Morgan fingerprint density at radius 1 is 1.07 bits per heavy atom. The molecule has 1 atom stereocenters. The molecule has 0 aliphatic carbocycles. The van der Waals surface area contributed by atoms with Gasteiger partial charge in [-0.3, -0.25) is 4.79 Å². The van der Waals surface area contributed by atoms with Crippen LogP contribution >= 0.6 is 0 Å². The van der Waals surface area contributed by atoms with Crippen molar-refractivity contribution < 1.29 is 42.0 Å². The summed E-state index contributed by atoms with van der Waals surface area (Å²) in [7, 11) is 2.94. The molecule has 0 bridgehead atoms. The summed E-state index contributed by atoms with van der Waals surface area (Å²) in [5, 5.41) is 12.6. The first-order valence-corrected chi connectivity index (χ1v) is 8.85. The fraction of sp³-hybridized carbons (Fsp3) is 0.350. The highest BCUT2D eigenvalue weighted by atomic mass is 19.4. The van der Waals surface area contributed by atoms with E-state index in [0.717, 1.165) is 12.1 Å². The molecule has 0 saturated carbocycles. The Bertz CT molecular complexity index is 804. The average Bonchev–Trinajstić information content (AvgIpc) is 2.70. The van der Waals surface area contributed by atoms with Gasteiger partial charge in [0.1, 0.15) is 18.5 Å². The Balaban J connectivity index is 1.80. The van der Waals surface area contributed by atoms with Gasteiger partial charge in [-0.25, -0.2) is 0 Å². The molecule has 164 valence electrons. The molecule has 0 fully saturated rings. The van der Waals surface area contributed by atoms with Gasteiger partial charge in [-0.2, -0.15) is 0 Å². The number of methoxy groups -OCH3 is 2. The molecule has 2 aromatic carbocycles. The zero-order valence-electron chi connectivity index (χ0n) is 16.4. The van der Waals surface area contributed by atoms with Gasteiger partial charge in [0.05, 0.1) is 20.6 Å². The molecule has 2 N–H and O–H groups in total. The van der Waals surface area contributed by atoms with Crippen LogP contribution in [0.25, 0.3) is 0 Å². The van der Waals surface area contributed by atoms with Gasteiger partial charge in [-0.1, -0.05) is 18.2 Å². The van der Waals surface area contributed by atoms with Crippen LogP contribution in [-0.2, 0) is 11.2 Å². The van der Waals surface area contributed by atoms with Crippen molar-refractivity contribution in [3.05, 3.63) is 48.0 Å². The Kier molecular flexibility index (Phi) is 8.16. The lowest BCUT2D eigenvalue weighted by molar-refractivity contribution is -0.274. The second-order valence-corrected chi connectivity index (χ2v) is 6.13. The molecule has 7 nitrogen and oxygen atoms in total. The Morgan fingerprint density at radius 3 is 2.20 bits per heavy atom. The second kappa shape index (κ2) is 10.6. The summed E-state index contributed by atoms with van der Waals surface area (Å²) in [5.41, 5.74) is 0.492. The number of aliphatic hydroxyl groups is 1. The van der Waals surface area contributed by atoms with Crippen LogP contribution in [0.3, 0.4) is 0 Å². The molecule has 10 heteroatoms. The predicted molar refractivity (Wildman–Crippen MR) is 101 cm³/mol. The smallest absolute Gasteiger partial charge is 0.493 e. The number of hydrogen-bond acceptors (Lipinski definition) is 6. The van der Waals surface area contributed by atoms with Crippen molar-refractivity contribution in [2.24, 2.45) is 0 Å². The molecule has 1 amide bonds. The largest absolute Gasteiger partial charge is 0.573 e. The third-order valence-electron chi connectivity index (χ3n) is 3.86. The SMILES string of the molecule is COc1cccc(OC)c1OCC(O)CNC(=O)Cc1ccc(OC(F)(F)F)cc1. The van der Waals surface area contributed by atoms with Gasteiger partial charge < -0.3 is 29.4 Å². The molecule has 0 spiro atoms. The van der Waals surface area contributed by atoms with Crippen LogP contribution < -0.4 is 24.3 Å². The van der Waals surface area contributed by atoms with Crippen molar-refractivity contribution in [2.45, 2.75) is 18.9 Å². The molecule has 0 aromatic heterocycles. The third kappa shape index (κ3) is 7.36. The van der Waals surface area contributed by atoms with Crippen LogP contribution in [-0.4, -0.2) is 50.9 Å². The van der Waals surface area contributed by atoms with Crippen LogP contribution in [0, 0.1) is 0 Å². The van der Waals surface area contributed by atoms with Crippen molar-refractivity contribution in [1.82, 2.24) is 5.32 Å². The van der Waals surface area contributed by atoms with Gasteiger partial charge in [0, 0.05) is 6.54 Å². The summed E-state index contributed by atoms with van der Waals surface area (Å²) >= 11 is 0. The Morgan fingerprint density at radius 2 is 1.67 bits per heavy atom. The van der Waals surface area contributed by atoms with Crippen LogP contribution in [0.5, 0.6) is 23.0 Å². The van der Waals surface area contributed by atoms with E-state index >= 15 is 0 Å². The first-order chi connectivity index (χ1) is 14.2. The quantitative estimate of drug-likeness (QED) is 0.604. The maximum Gasteiger partial charge on any atom is 0.573 e. The van der Waals surface area contributed by atoms with Crippen molar-refractivity contribution >= 4 is 5.91 Å². The number of halogens is 3. The van der Waals surface area contributed by atoms with Gasteiger partial charge in [-0.15, -0.1) is 13.2 Å². The zero-order valence-corrected chi connectivity index (χ0v) is 16.4. The maximum atomic E-state index is 12.1. The van der Waals surface area contributed by atoms with Crippen molar-refractivity contribution in [2.75, 3.05) is 27.4 Å². The van der Waals surface area contributed by atoms with Crippen LogP contribution in [0.15, 0.2) is 42.5 Å². The van der Waals surface area contributed by atoms with Crippen molar-refractivity contribution in [1.29, 1.82) is 0 Å². The molecule has 1 unspecified atom stereocenters. The fourth-order valence-electron chi connectivity index (χ4n) is 2.49. The van der Waals surface area contributed by atoms with Gasteiger partial charge in [0.15, 0.2) is 11.5 Å². The number of aliphatic hydroxyl groups excluding tert-OH is 1. The summed E-state index contributed by atoms with van der Waals surface area (Å²) in [5.74, 6) is 0.417. The van der Waals surface area contributed by atoms with E-state index in [0.29, 0.717) is 22.8 Å². The maximum absolute atomic E-state index is 12.1. The molecule has 30 heavy (non-hydrogen) atoms. The van der Waals surface area contributed by atoms with Gasteiger partial charge >= 0.3 is 6.36 Å². The van der Waals surface area contributed by atoms with E-state index in [9.17, 15) is 23.1 Å². The summed E-state index contributed by atoms with van der Waals surface area (Å²) < 4.78 is 56.2. The van der Waals surface area contributed by atoms with E-state index < -0.39 is 18.4 Å². The minimum Gasteiger partial charge on any atom is -0.493 e. The standard InChI is InChI=1S/C20H22F3NO6/c1-27-16-4-3-5-17(28-2)19(16)29-12-14(25)11-24-18(26)10-13-6-8-15(9-7-13)30-20(21,22)23/h3-9,14,25H,10-12H2,1-2H3,(H,24,26). The highest BCUT2D eigenvalue weighted by molar-refractivity contribution is 5.78. The van der Waals surface area contributed by atoms with Gasteiger partial charge in [0.2, 0.25) is 11.7 Å². The highest BCUT2D eigenvalue weighted by Crippen LogP contribution is 2.36. The second-order valence-electron chi connectivity index (χ2n) is 6.13. The van der Waals surface area contributed by atoms with E-state index in [1.54, 1.807) is 18.2 Å². The van der Waals surface area contributed by atoms with E-state index in [1.165, 1.54) is 26.4 Å². The number of benzene rings is 2. The number of nitrogens with one attached hydrogen (secondary N) is 1. The zero-order chi connectivity index (χ0) is 22.1. The lowest BCUT2D eigenvalue weighted by atomic mass is 10.1. The fourth-order valence-corrected chi connectivity index (χ4v) is 2.49. The number of para-hydroxylation sites is 1. The molecule has 0 aliphatic heterocycles. The number of carbonyl (C=O) groups excluding carboxylic acids is 1. The molecular weight excluding hydrogens is 407 g/mol. The van der Waals surface area contributed by atoms with Crippen LogP contribution in [0.1, 0.15) is 5.56 Å². The van der Waals surface area contributed by atoms with Crippen molar-refractivity contribution in [3.8, 4) is 23.0 Å². The monoisotopic (exact) mass is 429 g/mol. The van der Waals surface area contributed by atoms with Crippen LogP contribution in [0.2, 0.25) is 0 Å². The van der Waals surface area contributed by atoms with Gasteiger partial charge in [0.25, 0.3) is 0 Å². The summed E-state index contributed by atoms with van der Waals surface area (Å²) in [6.45, 7) is -0.202. The van der Waals surface area contributed by atoms with Crippen molar-refractivity contribution in [3.63, 3.8) is 0 Å². The first kappa shape index (κ1) is 23.1.